The van der Waals surface area contributed by atoms with Crippen LogP contribution in [0, 0.1) is 0 Å². The molecule has 0 aromatic carbocycles. The highest BCUT2D eigenvalue weighted by Crippen LogP contribution is 2.30. The number of hydrogen-bond acceptors (Lipinski definition) is 5. The van der Waals surface area contributed by atoms with Gasteiger partial charge in [-0.25, -0.2) is 9.98 Å². The average Bonchev–Trinajstić information content (AvgIpc) is 3.36. The van der Waals surface area contributed by atoms with Crippen molar-refractivity contribution >= 4 is 17.3 Å². The summed E-state index contributed by atoms with van der Waals surface area (Å²) >= 11 is 0.953. The molecule has 10 heteroatoms. The van der Waals surface area contributed by atoms with Gasteiger partial charge in [-0.3, -0.25) is 0 Å². The van der Waals surface area contributed by atoms with E-state index in [-0.39, 0.29) is 12.6 Å². The molecule has 0 amide bonds. The highest BCUT2D eigenvalue weighted by atomic mass is 32.1. The van der Waals surface area contributed by atoms with E-state index >= 15 is 0 Å². The number of hydrogen-bond donors (Lipinski definition) is 2. The molecule has 0 saturated carbocycles. The van der Waals surface area contributed by atoms with Crippen LogP contribution in [0.25, 0.3) is 0 Å². The summed E-state index contributed by atoms with van der Waals surface area (Å²) in [4.78, 5) is 8.00. The van der Waals surface area contributed by atoms with E-state index in [1.807, 2.05) is 12.1 Å². The minimum atomic E-state index is -4.43. The normalized spacial score (nSPS) is 18.2. The molecule has 0 spiro atoms. The Labute approximate surface area is 165 Å². The van der Waals surface area contributed by atoms with Gasteiger partial charge in [0.2, 0.25) is 0 Å². The zero-order valence-corrected chi connectivity index (χ0v) is 16.1. The first-order valence-electron chi connectivity index (χ1n) is 9.18. The summed E-state index contributed by atoms with van der Waals surface area (Å²) < 4.78 is 49.1. The molecule has 0 bridgehead atoms. The lowest BCUT2D eigenvalue weighted by atomic mass is 10.1. The van der Waals surface area contributed by atoms with Gasteiger partial charge in [0, 0.05) is 31.5 Å². The van der Waals surface area contributed by atoms with Gasteiger partial charge in [-0.1, -0.05) is 0 Å². The Morgan fingerprint density at radius 1 is 1.32 bits per heavy atom. The first kappa shape index (κ1) is 20.7. The minimum Gasteiger partial charge on any atom is -0.469 e. The minimum absolute atomic E-state index is 0.0718. The van der Waals surface area contributed by atoms with Crippen LogP contribution < -0.4 is 10.6 Å². The summed E-state index contributed by atoms with van der Waals surface area (Å²) in [6.45, 7) is 2.00. The van der Waals surface area contributed by atoms with Gasteiger partial charge < -0.3 is 19.8 Å². The lowest BCUT2D eigenvalue weighted by molar-refractivity contribution is -0.140. The fourth-order valence-corrected chi connectivity index (χ4v) is 3.50. The first-order chi connectivity index (χ1) is 13.5. The van der Waals surface area contributed by atoms with Crippen LogP contribution in [0.15, 0.2) is 33.2 Å². The standard InChI is InChI=1S/C18H23F3N4O2S/c19-18(20,21)15-12-28-16(25-15)11-24-17(22-7-6-13-5-3-9-26-13)23-10-14-4-1-2-8-27-14/h3,5,9,12,14H,1-2,4,6-8,10-11H2,(H2,22,23,24). The number of guanidine groups is 1. The largest absolute Gasteiger partial charge is 0.469 e. The lowest BCUT2D eigenvalue weighted by Gasteiger charge is -2.23. The third-order valence-corrected chi connectivity index (χ3v) is 5.06. The quantitative estimate of drug-likeness (QED) is 0.533. The van der Waals surface area contributed by atoms with E-state index in [2.05, 4.69) is 20.6 Å². The van der Waals surface area contributed by atoms with E-state index in [4.69, 9.17) is 9.15 Å². The molecule has 0 aliphatic carbocycles. The van der Waals surface area contributed by atoms with Gasteiger partial charge in [-0.2, -0.15) is 13.2 Å². The zero-order chi connectivity index (χ0) is 19.8. The molecule has 3 heterocycles. The highest BCUT2D eigenvalue weighted by Gasteiger charge is 2.33. The fraction of sp³-hybridized carbons (Fsp3) is 0.556. The second kappa shape index (κ2) is 9.92. The number of nitrogens with zero attached hydrogens (tertiary/aromatic N) is 2. The summed E-state index contributed by atoms with van der Waals surface area (Å²) in [6.07, 6.45) is 1.15. The number of ether oxygens (including phenoxy) is 1. The molecule has 1 saturated heterocycles. The van der Waals surface area contributed by atoms with Crippen molar-refractivity contribution in [3.8, 4) is 0 Å². The van der Waals surface area contributed by atoms with E-state index in [1.165, 1.54) is 0 Å². The Bertz CT molecular complexity index is 740. The molecule has 2 N–H and O–H groups in total. The number of thiazole rings is 1. The number of alkyl halides is 3. The Kier molecular flexibility index (Phi) is 7.32. The molecular weight excluding hydrogens is 393 g/mol. The third kappa shape index (κ3) is 6.52. The molecule has 154 valence electrons. The van der Waals surface area contributed by atoms with Crippen molar-refractivity contribution in [3.63, 3.8) is 0 Å². The molecular formula is C18H23F3N4O2S. The highest BCUT2D eigenvalue weighted by molar-refractivity contribution is 7.09. The summed E-state index contributed by atoms with van der Waals surface area (Å²) in [5, 5.41) is 7.72. The van der Waals surface area contributed by atoms with Crippen LogP contribution in [-0.2, 0) is 23.9 Å². The molecule has 6 nitrogen and oxygen atoms in total. The molecule has 1 aliphatic rings. The SMILES string of the molecule is FC(F)(F)c1csc(CN=C(NCCc2ccco2)NCC2CCCCO2)n1. The van der Waals surface area contributed by atoms with E-state index in [1.54, 1.807) is 6.26 Å². The van der Waals surface area contributed by atoms with Crippen LogP contribution in [0.4, 0.5) is 13.2 Å². The van der Waals surface area contributed by atoms with E-state index in [0.717, 1.165) is 48.3 Å². The van der Waals surface area contributed by atoms with Crippen molar-refractivity contribution in [3.05, 3.63) is 40.2 Å². The summed E-state index contributed by atoms with van der Waals surface area (Å²) in [5.41, 5.74) is -0.876. The van der Waals surface area contributed by atoms with Crippen LogP contribution in [0.5, 0.6) is 0 Å². The lowest BCUT2D eigenvalue weighted by Crippen LogP contribution is -2.43. The smallest absolute Gasteiger partial charge is 0.434 e. The van der Waals surface area contributed by atoms with E-state index < -0.39 is 11.9 Å². The van der Waals surface area contributed by atoms with Gasteiger partial charge in [0.1, 0.15) is 10.8 Å². The molecule has 1 unspecified atom stereocenters. The maximum absolute atomic E-state index is 12.7. The molecule has 1 aliphatic heterocycles. The van der Waals surface area contributed by atoms with Crippen LogP contribution in [0.2, 0.25) is 0 Å². The Morgan fingerprint density at radius 3 is 2.89 bits per heavy atom. The number of aromatic nitrogens is 1. The summed E-state index contributed by atoms with van der Waals surface area (Å²) in [6, 6.07) is 3.71. The van der Waals surface area contributed by atoms with Crippen LogP contribution >= 0.6 is 11.3 Å². The number of nitrogens with one attached hydrogen (secondary N) is 2. The molecule has 1 fully saturated rings. The molecule has 2 aromatic rings. The topological polar surface area (TPSA) is 71.7 Å². The summed E-state index contributed by atoms with van der Waals surface area (Å²) in [5.74, 6) is 1.36. The van der Waals surface area contributed by atoms with Crippen molar-refractivity contribution in [1.29, 1.82) is 0 Å². The van der Waals surface area contributed by atoms with Crippen molar-refractivity contribution in [2.75, 3.05) is 19.7 Å². The Morgan fingerprint density at radius 2 is 2.21 bits per heavy atom. The first-order valence-corrected chi connectivity index (χ1v) is 10.1. The second-order valence-electron chi connectivity index (χ2n) is 6.41. The monoisotopic (exact) mass is 416 g/mol. The molecule has 28 heavy (non-hydrogen) atoms. The average molecular weight is 416 g/mol. The molecule has 2 aromatic heterocycles. The summed E-state index contributed by atoms with van der Waals surface area (Å²) in [7, 11) is 0. The molecule has 1 atom stereocenters. The van der Waals surface area contributed by atoms with Gasteiger partial charge in [0.25, 0.3) is 0 Å². The van der Waals surface area contributed by atoms with Crippen molar-refractivity contribution in [1.82, 2.24) is 15.6 Å². The van der Waals surface area contributed by atoms with Crippen molar-refractivity contribution < 1.29 is 22.3 Å². The number of furan rings is 1. The van der Waals surface area contributed by atoms with E-state index in [9.17, 15) is 13.2 Å². The van der Waals surface area contributed by atoms with Gasteiger partial charge >= 0.3 is 6.18 Å². The van der Waals surface area contributed by atoms with Gasteiger partial charge in [-0.15, -0.1) is 11.3 Å². The Balaban J connectivity index is 1.56. The predicted molar refractivity (Wildman–Crippen MR) is 100 cm³/mol. The molecule has 0 radical (unpaired) electrons. The zero-order valence-electron chi connectivity index (χ0n) is 15.3. The van der Waals surface area contributed by atoms with Crippen LogP contribution in [-0.4, -0.2) is 36.7 Å². The maximum atomic E-state index is 12.7. The molecule has 3 rings (SSSR count). The van der Waals surface area contributed by atoms with Crippen LogP contribution in [0.1, 0.15) is 35.7 Å². The third-order valence-electron chi connectivity index (χ3n) is 4.23. The van der Waals surface area contributed by atoms with Gasteiger partial charge in [0.15, 0.2) is 11.7 Å². The second-order valence-corrected chi connectivity index (χ2v) is 7.36. The van der Waals surface area contributed by atoms with Crippen molar-refractivity contribution in [2.45, 2.75) is 44.5 Å². The van der Waals surface area contributed by atoms with Gasteiger partial charge in [0.05, 0.1) is 18.9 Å². The predicted octanol–water partition coefficient (Wildman–Crippen LogP) is 3.60. The fourth-order valence-electron chi connectivity index (χ4n) is 2.77. The van der Waals surface area contributed by atoms with E-state index in [0.29, 0.717) is 30.5 Å². The number of aliphatic imine (C=N–C) groups is 1. The maximum Gasteiger partial charge on any atom is 0.434 e. The van der Waals surface area contributed by atoms with Crippen molar-refractivity contribution in [2.24, 2.45) is 4.99 Å². The Hall–Kier alpha value is -2.07. The van der Waals surface area contributed by atoms with Crippen LogP contribution in [0.3, 0.4) is 0 Å². The number of halogens is 3. The van der Waals surface area contributed by atoms with Gasteiger partial charge in [-0.05, 0) is 31.4 Å². The number of rotatable bonds is 7.